The van der Waals surface area contributed by atoms with Crippen molar-refractivity contribution in [2.24, 2.45) is 5.92 Å². The number of benzene rings is 1. The van der Waals surface area contributed by atoms with E-state index in [1.54, 1.807) is 0 Å². The van der Waals surface area contributed by atoms with Gasteiger partial charge in [-0.15, -0.1) is 24.8 Å². The number of rotatable bonds is 3. The number of hydrogen-bond donors (Lipinski definition) is 2. The Bertz CT molecular complexity index is 421. The highest BCUT2D eigenvalue weighted by molar-refractivity contribution is 5.85. The van der Waals surface area contributed by atoms with Crippen molar-refractivity contribution in [3.63, 3.8) is 0 Å². The van der Waals surface area contributed by atoms with E-state index in [2.05, 4.69) is 34.5 Å². The second-order valence-corrected chi connectivity index (χ2v) is 6.23. The minimum atomic E-state index is -0.293. The van der Waals surface area contributed by atoms with Crippen molar-refractivity contribution >= 4 is 30.5 Å². The van der Waals surface area contributed by atoms with Crippen LogP contribution in [0.2, 0.25) is 0 Å². The van der Waals surface area contributed by atoms with Crippen molar-refractivity contribution in [3.8, 4) is 0 Å². The SMILES string of the molecule is Cl.Cl.OC1CCCCN1c1ccc(CC2CCNCC2)cc1. The third-order valence-electron chi connectivity index (χ3n) is 4.72. The monoisotopic (exact) mass is 346 g/mol. The first-order chi connectivity index (χ1) is 9.83. The molecule has 2 fully saturated rings. The number of nitrogens with one attached hydrogen (secondary N) is 1. The molecule has 2 aliphatic rings. The molecular weight excluding hydrogens is 319 g/mol. The number of piperidine rings is 2. The Labute approximate surface area is 146 Å². The molecule has 0 aromatic heterocycles. The van der Waals surface area contributed by atoms with Gasteiger partial charge in [-0.1, -0.05) is 12.1 Å². The van der Waals surface area contributed by atoms with Crippen molar-refractivity contribution in [1.29, 1.82) is 0 Å². The predicted molar refractivity (Wildman–Crippen MR) is 97.4 cm³/mol. The van der Waals surface area contributed by atoms with E-state index in [1.807, 2.05) is 0 Å². The van der Waals surface area contributed by atoms with Crippen LogP contribution in [0, 0.1) is 5.92 Å². The molecule has 3 nitrogen and oxygen atoms in total. The molecule has 2 aliphatic heterocycles. The third kappa shape index (κ3) is 5.02. The summed E-state index contributed by atoms with van der Waals surface area (Å²) in [5.74, 6) is 0.836. The van der Waals surface area contributed by atoms with E-state index >= 15 is 0 Å². The first kappa shape index (κ1) is 19.6. The van der Waals surface area contributed by atoms with Gasteiger partial charge in [0, 0.05) is 12.2 Å². The largest absolute Gasteiger partial charge is 0.374 e. The zero-order valence-electron chi connectivity index (χ0n) is 13.0. The summed E-state index contributed by atoms with van der Waals surface area (Å²) in [5.41, 5.74) is 2.61. The average molecular weight is 347 g/mol. The van der Waals surface area contributed by atoms with Gasteiger partial charge in [0.1, 0.15) is 6.23 Å². The molecule has 0 bridgehead atoms. The highest BCUT2D eigenvalue weighted by Gasteiger charge is 2.20. The molecule has 2 saturated heterocycles. The van der Waals surface area contributed by atoms with Crippen LogP contribution < -0.4 is 10.2 Å². The highest BCUT2D eigenvalue weighted by Crippen LogP contribution is 2.25. The van der Waals surface area contributed by atoms with Crippen LogP contribution in [0.1, 0.15) is 37.7 Å². The van der Waals surface area contributed by atoms with Crippen LogP contribution >= 0.6 is 24.8 Å². The van der Waals surface area contributed by atoms with Crippen LogP contribution in [-0.2, 0) is 6.42 Å². The van der Waals surface area contributed by atoms with Crippen LogP contribution in [0.5, 0.6) is 0 Å². The fourth-order valence-corrected chi connectivity index (χ4v) is 3.46. The van der Waals surface area contributed by atoms with E-state index in [4.69, 9.17) is 0 Å². The molecule has 5 heteroatoms. The lowest BCUT2D eigenvalue weighted by molar-refractivity contribution is 0.140. The van der Waals surface area contributed by atoms with Gasteiger partial charge in [-0.25, -0.2) is 0 Å². The number of hydrogen-bond acceptors (Lipinski definition) is 3. The smallest absolute Gasteiger partial charge is 0.126 e. The van der Waals surface area contributed by atoms with Crippen molar-refractivity contribution in [1.82, 2.24) is 5.32 Å². The van der Waals surface area contributed by atoms with Crippen molar-refractivity contribution < 1.29 is 5.11 Å². The molecule has 1 aromatic rings. The standard InChI is InChI=1S/C17H26N2O.2ClH/c20-17-3-1-2-12-19(17)16-6-4-14(5-7-16)13-15-8-10-18-11-9-15;;/h4-7,15,17-18,20H,1-3,8-13H2;2*1H. The highest BCUT2D eigenvalue weighted by atomic mass is 35.5. The van der Waals surface area contributed by atoms with Crippen LogP contribution in [-0.4, -0.2) is 31.0 Å². The Morgan fingerprint density at radius 1 is 1.00 bits per heavy atom. The Hall–Kier alpha value is -0.480. The maximum absolute atomic E-state index is 10.1. The summed E-state index contributed by atoms with van der Waals surface area (Å²) in [7, 11) is 0. The number of aliphatic hydroxyl groups excluding tert-OH is 1. The van der Waals surface area contributed by atoms with Crippen LogP contribution in [0.25, 0.3) is 0 Å². The normalized spacial score (nSPS) is 22.6. The van der Waals surface area contributed by atoms with Gasteiger partial charge >= 0.3 is 0 Å². The lowest BCUT2D eigenvalue weighted by Gasteiger charge is -2.34. The second kappa shape index (κ2) is 9.61. The molecule has 2 N–H and O–H groups in total. The van der Waals surface area contributed by atoms with E-state index in [9.17, 15) is 5.11 Å². The van der Waals surface area contributed by atoms with Gasteiger partial charge in [-0.05, 0) is 75.2 Å². The van der Waals surface area contributed by atoms with Gasteiger partial charge in [0.15, 0.2) is 0 Å². The first-order valence-corrected chi connectivity index (χ1v) is 8.07. The summed E-state index contributed by atoms with van der Waals surface area (Å²) in [6.07, 6.45) is 6.74. The lowest BCUT2D eigenvalue weighted by Crippen LogP contribution is -2.39. The molecule has 1 aromatic carbocycles. The Balaban J connectivity index is 0.00000121. The van der Waals surface area contributed by atoms with Crippen molar-refractivity contribution in [3.05, 3.63) is 29.8 Å². The first-order valence-electron chi connectivity index (χ1n) is 8.07. The maximum atomic E-state index is 10.1. The molecular formula is C17H28Cl2N2O. The van der Waals surface area contributed by atoms with E-state index in [-0.39, 0.29) is 31.0 Å². The zero-order valence-corrected chi connectivity index (χ0v) is 14.7. The predicted octanol–water partition coefficient (Wildman–Crippen LogP) is 3.38. The van der Waals surface area contributed by atoms with E-state index < -0.39 is 0 Å². The van der Waals surface area contributed by atoms with Crippen LogP contribution in [0.3, 0.4) is 0 Å². The van der Waals surface area contributed by atoms with Gasteiger partial charge in [0.2, 0.25) is 0 Å². The molecule has 126 valence electrons. The number of halogens is 2. The molecule has 0 aliphatic carbocycles. The minimum absolute atomic E-state index is 0. The molecule has 0 amide bonds. The van der Waals surface area contributed by atoms with Crippen molar-refractivity contribution in [2.75, 3.05) is 24.5 Å². The van der Waals surface area contributed by atoms with E-state index in [1.165, 1.54) is 50.0 Å². The minimum Gasteiger partial charge on any atom is -0.374 e. The fourth-order valence-electron chi connectivity index (χ4n) is 3.46. The quantitative estimate of drug-likeness (QED) is 0.880. The number of aliphatic hydroxyl groups is 1. The van der Waals surface area contributed by atoms with Gasteiger partial charge in [-0.3, -0.25) is 0 Å². The Morgan fingerprint density at radius 3 is 2.32 bits per heavy atom. The molecule has 2 heterocycles. The van der Waals surface area contributed by atoms with Crippen molar-refractivity contribution in [2.45, 2.75) is 44.8 Å². The van der Waals surface area contributed by atoms with E-state index in [0.29, 0.717) is 0 Å². The zero-order chi connectivity index (χ0) is 13.8. The molecule has 3 rings (SSSR count). The summed E-state index contributed by atoms with van der Waals surface area (Å²) in [6, 6.07) is 8.87. The third-order valence-corrected chi connectivity index (χ3v) is 4.72. The summed E-state index contributed by atoms with van der Waals surface area (Å²) in [6.45, 7) is 3.32. The molecule has 0 spiro atoms. The Kier molecular flexibility index (Phi) is 8.55. The fraction of sp³-hybridized carbons (Fsp3) is 0.647. The molecule has 1 atom stereocenters. The van der Waals surface area contributed by atoms with E-state index in [0.717, 1.165) is 25.3 Å². The van der Waals surface area contributed by atoms with Gasteiger partial charge in [-0.2, -0.15) is 0 Å². The number of nitrogens with zero attached hydrogens (tertiary/aromatic N) is 1. The Morgan fingerprint density at radius 2 is 1.68 bits per heavy atom. The summed E-state index contributed by atoms with van der Waals surface area (Å²) >= 11 is 0. The van der Waals surface area contributed by atoms with Crippen LogP contribution in [0.4, 0.5) is 5.69 Å². The molecule has 22 heavy (non-hydrogen) atoms. The van der Waals surface area contributed by atoms with Gasteiger partial charge in [0.25, 0.3) is 0 Å². The second-order valence-electron chi connectivity index (χ2n) is 6.23. The van der Waals surface area contributed by atoms with Gasteiger partial charge in [0.05, 0.1) is 0 Å². The molecule has 0 saturated carbocycles. The summed E-state index contributed by atoms with van der Waals surface area (Å²) in [5, 5.41) is 13.5. The average Bonchev–Trinajstić information content (AvgIpc) is 2.50. The molecule has 0 radical (unpaired) electrons. The van der Waals surface area contributed by atoms with Gasteiger partial charge < -0.3 is 15.3 Å². The van der Waals surface area contributed by atoms with Crippen LogP contribution in [0.15, 0.2) is 24.3 Å². The maximum Gasteiger partial charge on any atom is 0.126 e. The lowest BCUT2D eigenvalue weighted by atomic mass is 9.91. The summed E-state index contributed by atoms with van der Waals surface area (Å²) < 4.78 is 0. The molecule has 1 unspecified atom stereocenters. The summed E-state index contributed by atoms with van der Waals surface area (Å²) in [4.78, 5) is 2.14. The number of anilines is 1. The topological polar surface area (TPSA) is 35.5 Å².